The van der Waals surface area contributed by atoms with E-state index >= 15 is 0 Å². The van der Waals surface area contributed by atoms with Gasteiger partial charge in [0.25, 0.3) is 0 Å². The zero-order chi connectivity index (χ0) is 20.8. The third-order valence-electron chi connectivity index (χ3n) is 4.73. The molecule has 0 saturated heterocycles. The topological polar surface area (TPSA) is 66.5 Å². The Bertz CT molecular complexity index is 777. The quantitative estimate of drug-likeness (QED) is 0.332. The highest BCUT2D eigenvalue weighted by molar-refractivity contribution is 14.0. The highest BCUT2D eigenvalue weighted by Gasteiger charge is 2.18. The van der Waals surface area contributed by atoms with Crippen molar-refractivity contribution >= 4 is 29.9 Å². The Morgan fingerprint density at radius 1 is 1.17 bits per heavy atom. The number of hydrogen-bond acceptors (Lipinski definition) is 4. The van der Waals surface area contributed by atoms with Crippen LogP contribution in [0, 0.1) is 0 Å². The molecule has 2 heterocycles. The smallest absolute Gasteiger partial charge is 0.194 e. The van der Waals surface area contributed by atoms with Gasteiger partial charge in [0, 0.05) is 57.8 Å². The lowest BCUT2D eigenvalue weighted by atomic mass is 10.1. The number of nitrogens with one attached hydrogen (secondary N) is 1. The highest BCUT2D eigenvalue weighted by atomic mass is 127. The summed E-state index contributed by atoms with van der Waals surface area (Å²) in [7, 11) is 10.2. The van der Waals surface area contributed by atoms with Gasteiger partial charge in [-0.2, -0.15) is 10.2 Å². The maximum Gasteiger partial charge on any atom is 0.194 e. The maximum absolute atomic E-state index is 4.92. The van der Waals surface area contributed by atoms with Gasteiger partial charge in [0.1, 0.15) is 0 Å². The van der Waals surface area contributed by atoms with Crippen molar-refractivity contribution in [3.63, 3.8) is 0 Å². The maximum atomic E-state index is 4.92. The van der Waals surface area contributed by atoms with Gasteiger partial charge >= 0.3 is 0 Å². The van der Waals surface area contributed by atoms with Gasteiger partial charge in [0.2, 0.25) is 0 Å². The molecule has 0 amide bonds. The van der Waals surface area contributed by atoms with Crippen LogP contribution >= 0.6 is 24.0 Å². The van der Waals surface area contributed by atoms with Crippen LogP contribution in [0.3, 0.4) is 0 Å². The molecule has 0 aliphatic rings. The lowest BCUT2D eigenvalue weighted by Gasteiger charge is -2.25. The number of aliphatic imine (C=N–C) groups is 1. The van der Waals surface area contributed by atoms with Crippen LogP contribution in [0.1, 0.15) is 49.6 Å². The van der Waals surface area contributed by atoms with E-state index in [2.05, 4.69) is 79.6 Å². The summed E-state index contributed by atoms with van der Waals surface area (Å²) in [6.45, 7) is 8.72. The van der Waals surface area contributed by atoms with Crippen LogP contribution < -0.4 is 5.32 Å². The van der Waals surface area contributed by atoms with Crippen molar-refractivity contribution in [2.24, 2.45) is 19.1 Å². The molecule has 0 spiro atoms. The van der Waals surface area contributed by atoms with E-state index < -0.39 is 0 Å². The third-order valence-corrected chi connectivity index (χ3v) is 4.73. The van der Waals surface area contributed by atoms with E-state index in [4.69, 9.17) is 4.99 Å². The SMILES string of the molecule is CCNC(=NCC(c1cnn(C)c1)N(C)C)N(C)Cc1cn(C)nc1C(C)C.I. The van der Waals surface area contributed by atoms with Gasteiger partial charge < -0.3 is 15.1 Å². The van der Waals surface area contributed by atoms with Crippen molar-refractivity contribution in [2.45, 2.75) is 39.3 Å². The number of hydrogen-bond donors (Lipinski definition) is 1. The molecule has 1 unspecified atom stereocenters. The Hall–Kier alpha value is -1.62. The summed E-state index contributed by atoms with van der Waals surface area (Å²) in [5, 5.41) is 12.3. The fourth-order valence-corrected chi connectivity index (χ4v) is 3.31. The first-order valence-electron chi connectivity index (χ1n) is 9.89. The minimum absolute atomic E-state index is 0. The van der Waals surface area contributed by atoms with Gasteiger partial charge in [-0.25, -0.2) is 0 Å². The molecule has 2 aromatic heterocycles. The molecule has 0 fully saturated rings. The zero-order valence-electron chi connectivity index (χ0n) is 19.0. The summed E-state index contributed by atoms with van der Waals surface area (Å²) < 4.78 is 3.73. The summed E-state index contributed by atoms with van der Waals surface area (Å²) in [5.41, 5.74) is 3.55. The second-order valence-electron chi connectivity index (χ2n) is 7.85. The molecule has 1 N–H and O–H groups in total. The monoisotopic (exact) mass is 516 g/mol. The van der Waals surface area contributed by atoms with Crippen LogP contribution in [0.4, 0.5) is 0 Å². The molecule has 0 saturated carbocycles. The molecule has 0 radical (unpaired) electrons. The molecule has 0 aliphatic heterocycles. The molecular weight excluding hydrogens is 479 g/mol. The highest BCUT2D eigenvalue weighted by Crippen LogP contribution is 2.20. The number of aryl methyl sites for hydroxylation is 2. The molecule has 0 bridgehead atoms. The van der Waals surface area contributed by atoms with Gasteiger partial charge in [0.05, 0.1) is 24.5 Å². The summed E-state index contributed by atoms with van der Waals surface area (Å²) in [4.78, 5) is 9.28. The van der Waals surface area contributed by atoms with Crippen LogP contribution in [-0.2, 0) is 20.6 Å². The van der Waals surface area contributed by atoms with E-state index in [1.807, 2.05) is 29.7 Å². The third kappa shape index (κ3) is 6.98. The first kappa shape index (κ1) is 25.4. The van der Waals surface area contributed by atoms with Crippen molar-refractivity contribution in [3.8, 4) is 0 Å². The van der Waals surface area contributed by atoms with Crippen molar-refractivity contribution in [1.29, 1.82) is 0 Å². The van der Waals surface area contributed by atoms with Crippen molar-refractivity contribution in [2.75, 3.05) is 34.2 Å². The van der Waals surface area contributed by atoms with Crippen LogP contribution in [0.5, 0.6) is 0 Å². The normalized spacial score (nSPS) is 13.0. The Kier molecular flexibility index (Phi) is 10.1. The Morgan fingerprint density at radius 2 is 1.86 bits per heavy atom. The Labute approximate surface area is 192 Å². The number of aromatic nitrogens is 4. The fraction of sp³-hybridized carbons (Fsp3) is 0.650. The Morgan fingerprint density at radius 3 is 2.38 bits per heavy atom. The molecule has 1 atom stereocenters. The number of nitrogens with zero attached hydrogens (tertiary/aromatic N) is 7. The fourth-order valence-electron chi connectivity index (χ4n) is 3.31. The lowest BCUT2D eigenvalue weighted by Crippen LogP contribution is -2.39. The molecular formula is C20H37IN8. The van der Waals surface area contributed by atoms with E-state index in [9.17, 15) is 0 Å². The van der Waals surface area contributed by atoms with E-state index in [0.717, 1.165) is 24.7 Å². The predicted molar refractivity (Wildman–Crippen MR) is 130 cm³/mol. The molecule has 0 aromatic carbocycles. The zero-order valence-corrected chi connectivity index (χ0v) is 21.4. The molecule has 164 valence electrons. The van der Waals surface area contributed by atoms with Gasteiger partial charge in [-0.15, -0.1) is 24.0 Å². The summed E-state index contributed by atoms with van der Waals surface area (Å²) in [5.74, 6) is 1.30. The number of rotatable bonds is 8. The van der Waals surface area contributed by atoms with Gasteiger partial charge in [-0.05, 0) is 26.9 Å². The van der Waals surface area contributed by atoms with Crippen LogP contribution in [-0.4, -0.2) is 69.6 Å². The van der Waals surface area contributed by atoms with Gasteiger partial charge in [0.15, 0.2) is 5.96 Å². The molecule has 2 aromatic rings. The molecule has 2 rings (SSSR count). The largest absolute Gasteiger partial charge is 0.357 e. The van der Waals surface area contributed by atoms with E-state index in [0.29, 0.717) is 12.5 Å². The first-order valence-corrected chi connectivity index (χ1v) is 9.89. The predicted octanol–water partition coefficient (Wildman–Crippen LogP) is 2.60. The molecule has 29 heavy (non-hydrogen) atoms. The molecule has 0 aliphatic carbocycles. The van der Waals surface area contributed by atoms with Gasteiger partial charge in [-0.1, -0.05) is 13.8 Å². The van der Waals surface area contributed by atoms with Crippen molar-refractivity contribution in [3.05, 3.63) is 35.4 Å². The second kappa shape index (κ2) is 11.5. The minimum atomic E-state index is 0. The lowest BCUT2D eigenvalue weighted by molar-refractivity contribution is 0.305. The molecule has 9 heteroatoms. The van der Waals surface area contributed by atoms with Crippen molar-refractivity contribution in [1.82, 2.24) is 34.7 Å². The van der Waals surface area contributed by atoms with Crippen LogP contribution in [0.2, 0.25) is 0 Å². The summed E-state index contributed by atoms with van der Waals surface area (Å²) in [6, 6.07) is 0.181. The first-order chi connectivity index (χ1) is 13.2. The van der Waals surface area contributed by atoms with Crippen LogP contribution in [0.15, 0.2) is 23.6 Å². The average Bonchev–Trinajstić information content (AvgIpc) is 3.19. The Balaban J connectivity index is 0.00000420. The second-order valence-corrected chi connectivity index (χ2v) is 7.85. The van der Waals surface area contributed by atoms with Gasteiger partial charge in [-0.3, -0.25) is 14.4 Å². The van der Waals surface area contributed by atoms with Crippen LogP contribution in [0.25, 0.3) is 0 Å². The van der Waals surface area contributed by atoms with E-state index in [1.54, 1.807) is 0 Å². The average molecular weight is 516 g/mol. The number of guanidine groups is 1. The number of likely N-dealkylation sites (N-methyl/N-ethyl adjacent to an activating group) is 1. The standard InChI is InChI=1S/C20H36N8.HI/c1-9-21-20(22-11-18(25(4)5)16-10-23-27(7)13-16)26(6)12-17-14-28(8)24-19(17)15(2)3;/h10,13-15,18H,9,11-12H2,1-8H3,(H,21,22);1H. The van der Waals surface area contributed by atoms with Crippen molar-refractivity contribution < 1.29 is 0 Å². The van der Waals surface area contributed by atoms with E-state index in [1.165, 1.54) is 11.1 Å². The van der Waals surface area contributed by atoms with E-state index in [-0.39, 0.29) is 30.0 Å². The minimum Gasteiger partial charge on any atom is -0.357 e. The summed E-state index contributed by atoms with van der Waals surface area (Å²) >= 11 is 0. The number of halogens is 1. The molecule has 8 nitrogen and oxygen atoms in total. The summed E-state index contributed by atoms with van der Waals surface area (Å²) in [6.07, 6.45) is 6.08.